The normalized spacial score (nSPS) is 12.3. The summed E-state index contributed by atoms with van der Waals surface area (Å²) in [4.78, 5) is 9.32. The topological polar surface area (TPSA) is 57.5 Å². The van der Waals surface area contributed by atoms with Gasteiger partial charge in [0.2, 0.25) is 0 Å². The molecule has 1 atom stereocenters. The van der Waals surface area contributed by atoms with Gasteiger partial charge >= 0.3 is 0 Å². The molecule has 0 spiro atoms. The smallest absolute Gasteiger partial charge is 0.122 e. The zero-order chi connectivity index (χ0) is 5.70. The highest BCUT2D eigenvalue weighted by atomic mass is 16.3. The standard InChI is InChI=1S/C4H6O3/c5-2-1-4(7)3-6/h1,4,6-7H,3H2. The van der Waals surface area contributed by atoms with Crippen LogP contribution in [-0.2, 0) is 4.79 Å². The molecule has 7 heavy (non-hydrogen) atoms. The highest BCUT2D eigenvalue weighted by Gasteiger charge is 1.91. The Kier molecular flexibility index (Phi) is 3.24. The summed E-state index contributed by atoms with van der Waals surface area (Å²) in [6.07, 6.45) is -0.197. The van der Waals surface area contributed by atoms with Gasteiger partial charge in [0.05, 0.1) is 6.61 Å². The number of rotatable bonds is 2. The molecule has 0 amide bonds. The summed E-state index contributed by atoms with van der Waals surface area (Å²) in [5.41, 5.74) is 0. The lowest BCUT2D eigenvalue weighted by Gasteiger charge is -1.91. The molecule has 0 aliphatic rings. The molecule has 1 unspecified atom stereocenters. The maximum Gasteiger partial charge on any atom is 0.122 e. The Morgan fingerprint density at radius 1 is 1.86 bits per heavy atom. The molecule has 0 aromatic heterocycles. The van der Waals surface area contributed by atoms with E-state index in [0.717, 1.165) is 6.08 Å². The van der Waals surface area contributed by atoms with E-state index < -0.39 is 12.7 Å². The van der Waals surface area contributed by atoms with E-state index in [1.54, 1.807) is 0 Å². The average Bonchev–Trinajstić information content (AvgIpc) is 1.68. The van der Waals surface area contributed by atoms with E-state index in [9.17, 15) is 4.79 Å². The van der Waals surface area contributed by atoms with Crippen LogP contribution in [-0.4, -0.2) is 28.9 Å². The van der Waals surface area contributed by atoms with Crippen LogP contribution in [0.2, 0.25) is 0 Å². The van der Waals surface area contributed by atoms with Crippen molar-refractivity contribution in [2.45, 2.75) is 6.10 Å². The average molecular weight is 102 g/mol. The van der Waals surface area contributed by atoms with Crippen LogP contribution in [0.5, 0.6) is 0 Å². The van der Waals surface area contributed by atoms with Gasteiger partial charge in [-0.2, -0.15) is 0 Å². The second-order valence-corrected chi connectivity index (χ2v) is 1.03. The van der Waals surface area contributed by atoms with E-state index in [0.29, 0.717) is 0 Å². The van der Waals surface area contributed by atoms with Gasteiger partial charge in [0, 0.05) is 6.08 Å². The van der Waals surface area contributed by atoms with Crippen LogP contribution in [0, 0.1) is 0 Å². The molecule has 0 saturated carbocycles. The Balaban J connectivity index is 3.35. The summed E-state index contributed by atoms with van der Waals surface area (Å²) in [6.45, 7) is -0.421. The zero-order valence-corrected chi connectivity index (χ0v) is 3.66. The lowest BCUT2D eigenvalue weighted by molar-refractivity contribution is 0.132. The maximum absolute atomic E-state index is 9.32. The summed E-state index contributed by atoms with van der Waals surface area (Å²) < 4.78 is 0. The van der Waals surface area contributed by atoms with E-state index in [1.165, 1.54) is 5.94 Å². The molecule has 0 aliphatic carbocycles. The molecular weight excluding hydrogens is 96.0 g/mol. The van der Waals surface area contributed by atoms with Crippen LogP contribution in [0.1, 0.15) is 0 Å². The molecule has 0 heterocycles. The number of carbonyl (C=O) groups excluding carboxylic acids is 1. The van der Waals surface area contributed by atoms with Crippen molar-refractivity contribution in [2.24, 2.45) is 0 Å². The molecular formula is C4H6O3. The van der Waals surface area contributed by atoms with Gasteiger partial charge in [0.15, 0.2) is 0 Å². The third kappa shape index (κ3) is 3.19. The van der Waals surface area contributed by atoms with Gasteiger partial charge in [-0.1, -0.05) is 0 Å². The Hall–Kier alpha value is -0.630. The quantitative estimate of drug-likeness (QED) is 0.427. The van der Waals surface area contributed by atoms with Gasteiger partial charge in [-0.25, -0.2) is 4.79 Å². The second-order valence-electron chi connectivity index (χ2n) is 1.03. The Bertz CT molecular complexity index is 82.9. The zero-order valence-electron chi connectivity index (χ0n) is 3.66. The number of hydrogen-bond donors (Lipinski definition) is 2. The molecule has 0 rings (SSSR count). The van der Waals surface area contributed by atoms with Crippen LogP contribution in [0.25, 0.3) is 0 Å². The molecule has 0 radical (unpaired) electrons. The minimum Gasteiger partial charge on any atom is -0.393 e. The van der Waals surface area contributed by atoms with Crippen molar-refractivity contribution in [2.75, 3.05) is 6.61 Å². The molecule has 0 fully saturated rings. The van der Waals surface area contributed by atoms with Gasteiger partial charge in [-0.05, 0) is 0 Å². The van der Waals surface area contributed by atoms with Crippen molar-refractivity contribution < 1.29 is 15.0 Å². The van der Waals surface area contributed by atoms with Crippen LogP contribution in [0.4, 0.5) is 0 Å². The van der Waals surface area contributed by atoms with E-state index in [-0.39, 0.29) is 0 Å². The predicted molar refractivity (Wildman–Crippen MR) is 23.4 cm³/mol. The Labute approximate surface area is 40.9 Å². The largest absolute Gasteiger partial charge is 0.393 e. The van der Waals surface area contributed by atoms with Crippen LogP contribution >= 0.6 is 0 Å². The summed E-state index contributed by atoms with van der Waals surface area (Å²) in [6, 6.07) is 0. The molecule has 0 aliphatic heterocycles. The summed E-state index contributed by atoms with van der Waals surface area (Å²) >= 11 is 0. The van der Waals surface area contributed by atoms with Gasteiger partial charge in [-0.15, -0.1) is 0 Å². The fourth-order valence-electron chi connectivity index (χ4n) is 0.131. The predicted octanol–water partition coefficient (Wildman–Crippen LogP) is -1.27. The van der Waals surface area contributed by atoms with Crippen molar-refractivity contribution >= 4 is 5.94 Å². The molecule has 0 bridgehead atoms. The highest BCUT2D eigenvalue weighted by Crippen LogP contribution is 1.75. The number of hydrogen-bond acceptors (Lipinski definition) is 3. The summed E-state index contributed by atoms with van der Waals surface area (Å²) in [5, 5.41) is 16.3. The third-order valence-electron chi connectivity index (χ3n) is 0.447. The Morgan fingerprint density at radius 2 is 2.43 bits per heavy atom. The lowest BCUT2D eigenvalue weighted by Crippen LogP contribution is -2.06. The molecule has 3 nitrogen and oxygen atoms in total. The van der Waals surface area contributed by atoms with Crippen LogP contribution in [0.15, 0.2) is 6.08 Å². The molecule has 0 saturated heterocycles. The maximum atomic E-state index is 9.32. The van der Waals surface area contributed by atoms with Crippen molar-refractivity contribution in [3.05, 3.63) is 6.08 Å². The van der Waals surface area contributed by atoms with Crippen molar-refractivity contribution in [3.63, 3.8) is 0 Å². The van der Waals surface area contributed by atoms with Gasteiger partial charge in [-0.3, -0.25) is 0 Å². The lowest BCUT2D eigenvalue weighted by atomic mass is 10.4. The monoisotopic (exact) mass is 102 g/mol. The van der Waals surface area contributed by atoms with E-state index >= 15 is 0 Å². The van der Waals surface area contributed by atoms with Crippen molar-refractivity contribution in [3.8, 4) is 0 Å². The third-order valence-corrected chi connectivity index (χ3v) is 0.447. The van der Waals surface area contributed by atoms with E-state index in [2.05, 4.69) is 0 Å². The molecule has 40 valence electrons. The first-order valence-electron chi connectivity index (χ1n) is 1.81. The molecule has 0 aromatic rings. The summed E-state index contributed by atoms with van der Waals surface area (Å²) in [7, 11) is 0. The first-order valence-corrected chi connectivity index (χ1v) is 1.81. The minimum atomic E-state index is -1.04. The first kappa shape index (κ1) is 6.37. The summed E-state index contributed by atoms with van der Waals surface area (Å²) in [5.74, 6) is 1.33. The van der Waals surface area contributed by atoms with Crippen LogP contribution in [0.3, 0.4) is 0 Å². The molecule has 0 aromatic carbocycles. The Morgan fingerprint density at radius 3 is 2.57 bits per heavy atom. The van der Waals surface area contributed by atoms with E-state index in [1.807, 2.05) is 0 Å². The van der Waals surface area contributed by atoms with Crippen LogP contribution < -0.4 is 0 Å². The SMILES string of the molecule is O=C=CC(O)CO. The fourth-order valence-corrected chi connectivity index (χ4v) is 0.131. The molecule has 3 heteroatoms. The van der Waals surface area contributed by atoms with Crippen molar-refractivity contribution in [1.82, 2.24) is 0 Å². The first-order chi connectivity index (χ1) is 3.31. The highest BCUT2D eigenvalue weighted by molar-refractivity contribution is 5.45. The van der Waals surface area contributed by atoms with Gasteiger partial charge in [0.1, 0.15) is 12.0 Å². The van der Waals surface area contributed by atoms with Crippen molar-refractivity contribution in [1.29, 1.82) is 0 Å². The van der Waals surface area contributed by atoms with Gasteiger partial charge < -0.3 is 10.2 Å². The second kappa shape index (κ2) is 3.56. The van der Waals surface area contributed by atoms with E-state index in [4.69, 9.17) is 10.2 Å². The molecule has 2 N–H and O–H groups in total. The van der Waals surface area contributed by atoms with Gasteiger partial charge in [0.25, 0.3) is 0 Å². The fraction of sp³-hybridized carbons (Fsp3) is 0.500. The number of aliphatic hydroxyl groups excluding tert-OH is 2. The minimum absolute atomic E-state index is 0.421. The number of aliphatic hydroxyl groups is 2.